The molecule has 4 aromatic heterocycles. The average molecular weight is 551 g/mol. The summed E-state index contributed by atoms with van der Waals surface area (Å²) in [6, 6.07) is 8.53. The molecule has 0 spiro atoms. The number of aliphatic hydroxyl groups excluding tert-OH is 2. The summed E-state index contributed by atoms with van der Waals surface area (Å²) in [5.41, 5.74) is 8.26. The van der Waals surface area contributed by atoms with Crippen molar-refractivity contribution in [3.05, 3.63) is 69.8 Å². The molecule has 0 atom stereocenters. The quantitative estimate of drug-likeness (QED) is 0.373. The van der Waals surface area contributed by atoms with Crippen LogP contribution >= 0.6 is 0 Å². The fraction of sp³-hybridized carbons (Fsp3) is 0.571. The van der Waals surface area contributed by atoms with E-state index < -0.39 is 0 Å². The number of nitrogens with zero attached hydrogens (tertiary/aromatic N) is 10. The molecule has 0 radical (unpaired) electrons. The van der Waals surface area contributed by atoms with Gasteiger partial charge in [0.15, 0.2) is 0 Å². The smallest absolute Gasteiger partial charge is 0.133 e. The summed E-state index contributed by atoms with van der Waals surface area (Å²) < 4.78 is 8.00. The second-order valence-electron chi connectivity index (χ2n) is 11.0. The standard InChI is InChI=1S/C28H42N10O2/c1-21-11-25-15-33(7-5-9-39)16-27-13-23(3)37(31-27)20-38-24(4)14-28(32-38)18-34(8-6-10-40)17-26-12-22(2)36(30-26)19-35(21)29-25/h11-14,39-40H,5-10,15-20H2,1-4H3. The molecule has 5 heterocycles. The van der Waals surface area contributed by atoms with Crippen LogP contribution in [0.2, 0.25) is 0 Å². The molecule has 12 heteroatoms. The van der Waals surface area contributed by atoms with Crippen molar-refractivity contribution in [3.63, 3.8) is 0 Å². The minimum Gasteiger partial charge on any atom is -0.396 e. The van der Waals surface area contributed by atoms with Crippen LogP contribution < -0.4 is 0 Å². The fourth-order valence-electron chi connectivity index (χ4n) is 5.38. The second kappa shape index (κ2) is 12.5. The molecule has 0 saturated carbocycles. The summed E-state index contributed by atoms with van der Waals surface area (Å²) >= 11 is 0. The van der Waals surface area contributed by atoms with E-state index in [1.165, 1.54) is 0 Å². The zero-order chi connectivity index (χ0) is 28.2. The van der Waals surface area contributed by atoms with Gasteiger partial charge in [0.1, 0.15) is 13.3 Å². The third kappa shape index (κ3) is 6.69. The summed E-state index contributed by atoms with van der Waals surface area (Å²) in [6.45, 7) is 13.9. The number of hydrogen-bond donors (Lipinski definition) is 2. The molecule has 216 valence electrons. The van der Waals surface area contributed by atoms with Gasteiger partial charge in [-0.05, 0) is 64.8 Å². The molecule has 0 unspecified atom stereocenters. The number of hydrogen-bond acceptors (Lipinski definition) is 8. The first-order valence-corrected chi connectivity index (χ1v) is 14.1. The van der Waals surface area contributed by atoms with Crippen molar-refractivity contribution in [2.24, 2.45) is 0 Å². The number of aliphatic hydroxyl groups is 2. The summed E-state index contributed by atoms with van der Waals surface area (Å²) in [5.74, 6) is 0. The van der Waals surface area contributed by atoms with E-state index in [0.29, 0.717) is 52.4 Å². The Morgan fingerprint density at radius 1 is 0.525 bits per heavy atom. The van der Waals surface area contributed by atoms with Crippen LogP contribution in [-0.4, -0.2) is 85.4 Å². The minimum absolute atomic E-state index is 0.149. The van der Waals surface area contributed by atoms with E-state index in [-0.39, 0.29) is 13.2 Å². The van der Waals surface area contributed by atoms with Crippen molar-refractivity contribution < 1.29 is 10.2 Å². The van der Waals surface area contributed by atoms with Crippen LogP contribution in [0.25, 0.3) is 0 Å². The second-order valence-corrected chi connectivity index (χ2v) is 11.0. The van der Waals surface area contributed by atoms with E-state index in [4.69, 9.17) is 20.4 Å². The third-order valence-electron chi connectivity index (χ3n) is 7.47. The van der Waals surface area contributed by atoms with Gasteiger partial charge in [0.05, 0.1) is 22.8 Å². The lowest BCUT2D eigenvalue weighted by Crippen LogP contribution is -2.26. The first-order chi connectivity index (χ1) is 19.3. The lowest BCUT2D eigenvalue weighted by molar-refractivity contribution is 0.207. The van der Waals surface area contributed by atoms with Crippen molar-refractivity contribution in [2.45, 2.75) is 80.1 Å². The summed E-state index contributed by atoms with van der Waals surface area (Å²) in [6.07, 6.45) is 1.39. The molecular formula is C28H42N10O2. The molecule has 0 fully saturated rings. The average Bonchev–Trinajstić information content (AvgIpc) is 3.63. The van der Waals surface area contributed by atoms with Crippen LogP contribution in [0.3, 0.4) is 0 Å². The molecule has 2 N–H and O–H groups in total. The lowest BCUT2D eigenvalue weighted by atomic mass is 10.3. The highest BCUT2D eigenvalue weighted by molar-refractivity contribution is 5.14. The van der Waals surface area contributed by atoms with Gasteiger partial charge in [-0.15, -0.1) is 0 Å². The number of aromatic nitrogens is 8. The molecule has 5 rings (SSSR count). The van der Waals surface area contributed by atoms with Gasteiger partial charge >= 0.3 is 0 Å². The Labute approximate surface area is 235 Å². The highest BCUT2D eigenvalue weighted by Crippen LogP contribution is 2.16. The van der Waals surface area contributed by atoms with Gasteiger partial charge in [-0.3, -0.25) is 9.80 Å². The van der Waals surface area contributed by atoms with Crippen molar-refractivity contribution in [1.29, 1.82) is 0 Å². The van der Waals surface area contributed by atoms with Crippen LogP contribution in [0.4, 0.5) is 0 Å². The molecule has 0 saturated heterocycles. The largest absolute Gasteiger partial charge is 0.396 e. The molecule has 0 aliphatic carbocycles. The SMILES string of the molecule is Cc1cc2nn1Cn1nc(cc1C)CN(CCCO)Cc1cc(C)n(n1)Cn1nc(cc1C)CN(CCCO)C2. The van der Waals surface area contributed by atoms with Gasteiger partial charge in [0.2, 0.25) is 0 Å². The Kier molecular flexibility index (Phi) is 8.79. The lowest BCUT2D eigenvalue weighted by Gasteiger charge is -2.20. The maximum absolute atomic E-state index is 9.51. The van der Waals surface area contributed by atoms with Gasteiger partial charge < -0.3 is 10.2 Å². The molecule has 1 aliphatic rings. The van der Waals surface area contributed by atoms with Crippen LogP contribution in [0.15, 0.2) is 24.3 Å². The monoisotopic (exact) mass is 550 g/mol. The fourth-order valence-corrected chi connectivity index (χ4v) is 5.38. The first kappa shape index (κ1) is 28.2. The number of aryl methyl sites for hydroxylation is 4. The Balaban J connectivity index is 1.50. The van der Waals surface area contributed by atoms with Crippen LogP contribution in [0, 0.1) is 27.7 Å². The molecule has 0 aromatic carbocycles. The molecule has 40 heavy (non-hydrogen) atoms. The van der Waals surface area contributed by atoms with E-state index in [0.717, 1.165) is 58.6 Å². The third-order valence-corrected chi connectivity index (χ3v) is 7.47. The van der Waals surface area contributed by atoms with Crippen molar-refractivity contribution in [1.82, 2.24) is 48.9 Å². The summed E-state index contributed by atoms with van der Waals surface area (Å²) in [7, 11) is 0. The highest BCUT2D eigenvalue weighted by Gasteiger charge is 2.18. The van der Waals surface area contributed by atoms with Crippen LogP contribution in [-0.2, 0) is 39.5 Å². The van der Waals surface area contributed by atoms with Crippen molar-refractivity contribution in [3.8, 4) is 0 Å². The summed E-state index contributed by atoms with van der Waals surface area (Å²) in [5, 5.41) is 38.7. The van der Waals surface area contributed by atoms with Crippen molar-refractivity contribution in [2.75, 3.05) is 26.3 Å². The van der Waals surface area contributed by atoms with Gasteiger partial charge in [-0.2, -0.15) is 20.4 Å². The van der Waals surface area contributed by atoms with Crippen LogP contribution in [0.5, 0.6) is 0 Å². The van der Waals surface area contributed by atoms with Gasteiger partial charge in [0.25, 0.3) is 0 Å². The number of fused-ring (bicyclic) bond motifs is 8. The Hall–Kier alpha value is -3.32. The molecular weight excluding hydrogens is 508 g/mol. The molecule has 12 nitrogen and oxygen atoms in total. The van der Waals surface area contributed by atoms with E-state index in [2.05, 4.69) is 61.8 Å². The maximum Gasteiger partial charge on any atom is 0.133 e. The predicted molar refractivity (Wildman–Crippen MR) is 150 cm³/mol. The van der Waals surface area contributed by atoms with Gasteiger partial charge in [0, 0.05) is 75.3 Å². The Morgan fingerprint density at radius 3 is 1.05 bits per heavy atom. The topological polar surface area (TPSA) is 118 Å². The zero-order valence-corrected chi connectivity index (χ0v) is 24.2. The normalized spacial score (nSPS) is 15.6. The Morgan fingerprint density at radius 2 is 0.800 bits per heavy atom. The van der Waals surface area contributed by atoms with Gasteiger partial charge in [-0.1, -0.05) is 0 Å². The van der Waals surface area contributed by atoms with E-state index in [9.17, 15) is 10.2 Å². The molecule has 1 aliphatic heterocycles. The summed E-state index contributed by atoms with van der Waals surface area (Å²) in [4.78, 5) is 4.59. The maximum atomic E-state index is 9.51. The predicted octanol–water partition coefficient (Wildman–Crippen LogP) is 1.80. The van der Waals surface area contributed by atoms with Crippen LogP contribution in [0.1, 0.15) is 58.4 Å². The van der Waals surface area contributed by atoms with E-state index in [1.807, 2.05) is 18.7 Å². The first-order valence-electron chi connectivity index (χ1n) is 14.1. The zero-order valence-electron chi connectivity index (χ0n) is 24.2. The minimum atomic E-state index is 0.149. The Bertz CT molecular complexity index is 1210. The molecule has 0 amide bonds. The van der Waals surface area contributed by atoms with E-state index in [1.54, 1.807) is 0 Å². The molecule has 8 bridgehead atoms. The number of rotatable bonds is 6. The highest BCUT2D eigenvalue weighted by atomic mass is 16.3. The van der Waals surface area contributed by atoms with E-state index >= 15 is 0 Å². The van der Waals surface area contributed by atoms with Crippen molar-refractivity contribution >= 4 is 0 Å². The molecule has 4 aromatic rings. The van der Waals surface area contributed by atoms with Gasteiger partial charge in [-0.25, -0.2) is 18.7 Å².